The van der Waals surface area contributed by atoms with Crippen LogP contribution in [0.3, 0.4) is 0 Å². The van der Waals surface area contributed by atoms with Crippen LogP contribution < -0.4 is 5.32 Å². The quantitative estimate of drug-likeness (QED) is 0.859. The molecule has 0 bridgehead atoms. The van der Waals surface area contributed by atoms with Gasteiger partial charge in [0.05, 0.1) is 0 Å². The third-order valence-electron chi connectivity index (χ3n) is 4.09. The van der Waals surface area contributed by atoms with Gasteiger partial charge in [0.2, 0.25) is 0 Å². The lowest BCUT2D eigenvalue weighted by Crippen LogP contribution is -2.32. The minimum atomic E-state index is 0.960. The normalized spacial score (nSPS) is 18.1. The smallest absolute Gasteiger partial charge is 0.0233 e. The fourth-order valence-electron chi connectivity index (χ4n) is 2.78. The van der Waals surface area contributed by atoms with Gasteiger partial charge in [-0.15, -0.1) is 0 Å². The van der Waals surface area contributed by atoms with E-state index >= 15 is 0 Å². The van der Waals surface area contributed by atoms with Crippen LogP contribution >= 0.6 is 0 Å². The number of benzene rings is 1. The van der Waals surface area contributed by atoms with Crippen molar-refractivity contribution in [3.63, 3.8) is 0 Å². The lowest BCUT2D eigenvalue weighted by atomic mass is 9.94. The van der Waals surface area contributed by atoms with E-state index in [4.69, 9.17) is 0 Å². The Morgan fingerprint density at radius 2 is 1.72 bits per heavy atom. The van der Waals surface area contributed by atoms with Gasteiger partial charge in [0.25, 0.3) is 0 Å². The van der Waals surface area contributed by atoms with Crippen LogP contribution in [0.1, 0.15) is 37.3 Å². The largest absolute Gasteiger partial charge is 0.316 e. The van der Waals surface area contributed by atoms with E-state index in [1.807, 2.05) is 7.05 Å². The Kier molecular flexibility index (Phi) is 5.21. The third kappa shape index (κ3) is 3.82. The molecule has 0 aliphatic carbocycles. The summed E-state index contributed by atoms with van der Waals surface area (Å²) >= 11 is 0. The summed E-state index contributed by atoms with van der Waals surface area (Å²) in [5.41, 5.74) is 2.82. The molecule has 0 unspecified atom stereocenters. The second-order valence-corrected chi connectivity index (χ2v) is 5.47. The molecule has 2 rings (SSSR count). The van der Waals surface area contributed by atoms with Crippen LogP contribution in [0.4, 0.5) is 0 Å². The minimum absolute atomic E-state index is 0.960. The molecule has 100 valence electrons. The van der Waals surface area contributed by atoms with Gasteiger partial charge in [-0.25, -0.2) is 0 Å². The van der Waals surface area contributed by atoms with E-state index in [0.29, 0.717) is 0 Å². The van der Waals surface area contributed by atoms with Crippen molar-refractivity contribution in [2.24, 2.45) is 5.92 Å². The maximum Gasteiger partial charge on any atom is 0.0233 e. The highest BCUT2D eigenvalue weighted by atomic mass is 15.1. The summed E-state index contributed by atoms with van der Waals surface area (Å²) < 4.78 is 0. The summed E-state index contributed by atoms with van der Waals surface area (Å²) in [6.07, 6.45) is 4.12. The van der Waals surface area contributed by atoms with Gasteiger partial charge in [-0.3, -0.25) is 4.90 Å². The molecule has 0 radical (unpaired) electrons. The SMILES string of the molecule is CCC1CCN(Cc2ccc(CNC)cc2)CC1. The molecule has 2 heteroatoms. The number of rotatable bonds is 5. The van der Waals surface area contributed by atoms with Crippen molar-refractivity contribution >= 4 is 0 Å². The highest BCUT2D eigenvalue weighted by Crippen LogP contribution is 2.21. The van der Waals surface area contributed by atoms with Crippen molar-refractivity contribution in [3.05, 3.63) is 35.4 Å². The molecule has 1 fully saturated rings. The molecule has 2 nitrogen and oxygen atoms in total. The van der Waals surface area contributed by atoms with Gasteiger partial charge in [-0.05, 0) is 50.0 Å². The molecule has 1 N–H and O–H groups in total. The minimum Gasteiger partial charge on any atom is -0.316 e. The van der Waals surface area contributed by atoms with Crippen LogP contribution in [-0.4, -0.2) is 25.0 Å². The van der Waals surface area contributed by atoms with Gasteiger partial charge >= 0.3 is 0 Å². The first kappa shape index (κ1) is 13.6. The Morgan fingerprint density at radius 1 is 1.11 bits per heavy atom. The molecule has 0 saturated carbocycles. The highest BCUT2D eigenvalue weighted by Gasteiger charge is 2.17. The Bertz CT molecular complexity index is 337. The molecule has 0 amide bonds. The Balaban J connectivity index is 1.82. The molecular formula is C16H26N2. The first-order chi connectivity index (χ1) is 8.81. The molecule has 0 spiro atoms. The van der Waals surface area contributed by atoms with Crippen LogP contribution in [0.2, 0.25) is 0 Å². The summed E-state index contributed by atoms with van der Waals surface area (Å²) in [5.74, 6) is 0.972. The molecule has 1 heterocycles. The van der Waals surface area contributed by atoms with Crippen LogP contribution in [0.5, 0.6) is 0 Å². The van der Waals surface area contributed by atoms with Gasteiger partial charge in [0.15, 0.2) is 0 Å². The van der Waals surface area contributed by atoms with Crippen LogP contribution in [0.15, 0.2) is 24.3 Å². The van der Waals surface area contributed by atoms with Crippen molar-refractivity contribution < 1.29 is 0 Å². The number of hydrogen-bond acceptors (Lipinski definition) is 2. The van der Waals surface area contributed by atoms with Crippen molar-refractivity contribution in [3.8, 4) is 0 Å². The predicted octanol–water partition coefficient (Wildman–Crippen LogP) is 3.03. The zero-order chi connectivity index (χ0) is 12.8. The maximum atomic E-state index is 3.19. The van der Waals surface area contributed by atoms with Gasteiger partial charge in [0.1, 0.15) is 0 Å². The summed E-state index contributed by atoms with van der Waals surface area (Å²) in [4.78, 5) is 2.60. The van der Waals surface area contributed by atoms with E-state index in [9.17, 15) is 0 Å². The number of nitrogens with one attached hydrogen (secondary N) is 1. The average molecular weight is 246 g/mol. The van der Waals surface area contributed by atoms with E-state index < -0.39 is 0 Å². The Labute approximate surface area is 111 Å². The zero-order valence-electron chi connectivity index (χ0n) is 11.8. The van der Waals surface area contributed by atoms with Crippen molar-refractivity contribution in [1.82, 2.24) is 10.2 Å². The van der Waals surface area contributed by atoms with Crippen LogP contribution in [0.25, 0.3) is 0 Å². The van der Waals surface area contributed by atoms with Crippen molar-refractivity contribution in [2.75, 3.05) is 20.1 Å². The molecular weight excluding hydrogens is 220 g/mol. The molecule has 0 atom stereocenters. The van der Waals surface area contributed by atoms with Gasteiger partial charge in [-0.1, -0.05) is 37.6 Å². The first-order valence-electron chi connectivity index (χ1n) is 7.26. The van der Waals surface area contributed by atoms with E-state index in [0.717, 1.165) is 19.0 Å². The van der Waals surface area contributed by atoms with Crippen molar-refractivity contribution in [2.45, 2.75) is 39.3 Å². The number of nitrogens with zero attached hydrogens (tertiary/aromatic N) is 1. The predicted molar refractivity (Wildman–Crippen MR) is 77.5 cm³/mol. The molecule has 1 saturated heterocycles. The first-order valence-corrected chi connectivity index (χ1v) is 7.26. The number of hydrogen-bond donors (Lipinski definition) is 1. The fourth-order valence-corrected chi connectivity index (χ4v) is 2.78. The Hall–Kier alpha value is -0.860. The molecule has 0 aromatic heterocycles. The Morgan fingerprint density at radius 3 is 2.28 bits per heavy atom. The molecule has 1 aromatic rings. The van der Waals surface area contributed by atoms with E-state index in [-0.39, 0.29) is 0 Å². The number of piperidine rings is 1. The van der Waals surface area contributed by atoms with Gasteiger partial charge in [0, 0.05) is 13.1 Å². The average Bonchev–Trinajstić information content (AvgIpc) is 2.42. The molecule has 1 aliphatic heterocycles. The van der Waals surface area contributed by atoms with Crippen LogP contribution in [0, 0.1) is 5.92 Å². The summed E-state index contributed by atoms with van der Waals surface area (Å²) in [5, 5.41) is 3.19. The summed E-state index contributed by atoms with van der Waals surface area (Å²) in [6, 6.07) is 9.03. The third-order valence-corrected chi connectivity index (χ3v) is 4.09. The fraction of sp³-hybridized carbons (Fsp3) is 0.625. The lowest BCUT2D eigenvalue weighted by Gasteiger charge is -2.31. The molecule has 1 aromatic carbocycles. The summed E-state index contributed by atoms with van der Waals surface area (Å²) in [6.45, 7) is 6.95. The highest BCUT2D eigenvalue weighted by molar-refractivity contribution is 5.22. The van der Waals surface area contributed by atoms with Crippen LogP contribution in [-0.2, 0) is 13.1 Å². The molecule has 1 aliphatic rings. The van der Waals surface area contributed by atoms with Crippen molar-refractivity contribution in [1.29, 1.82) is 0 Å². The molecule has 18 heavy (non-hydrogen) atoms. The van der Waals surface area contributed by atoms with E-state index in [1.54, 1.807) is 0 Å². The van der Waals surface area contributed by atoms with E-state index in [2.05, 4.69) is 41.4 Å². The second kappa shape index (κ2) is 6.91. The monoisotopic (exact) mass is 246 g/mol. The maximum absolute atomic E-state index is 3.19. The van der Waals surface area contributed by atoms with Gasteiger partial charge < -0.3 is 5.32 Å². The summed E-state index contributed by atoms with van der Waals surface area (Å²) in [7, 11) is 1.99. The number of likely N-dealkylation sites (tertiary alicyclic amines) is 1. The standard InChI is InChI=1S/C16H26N2/c1-3-14-8-10-18(11-9-14)13-16-6-4-15(5-7-16)12-17-2/h4-7,14,17H,3,8-13H2,1-2H3. The second-order valence-electron chi connectivity index (χ2n) is 5.47. The van der Waals surface area contributed by atoms with Gasteiger partial charge in [-0.2, -0.15) is 0 Å². The topological polar surface area (TPSA) is 15.3 Å². The lowest BCUT2D eigenvalue weighted by molar-refractivity contribution is 0.175. The zero-order valence-corrected chi connectivity index (χ0v) is 11.8. The van der Waals surface area contributed by atoms with E-state index in [1.165, 1.54) is 43.5 Å².